The maximum absolute atomic E-state index is 5.77. The molecule has 0 unspecified atom stereocenters. The fraction of sp³-hybridized carbons (Fsp3) is 0.312. The smallest absolute Gasteiger partial charge is 0.134 e. The number of nitrogens with one attached hydrogen (secondary N) is 1. The fourth-order valence-corrected chi connectivity index (χ4v) is 2.40. The van der Waals surface area contributed by atoms with Crippen LogP contribution in [0.5, 0.6) is 5.75 Å². The summed E-state index contributed by atoms with van der Waals surface area (Å²) in [5.41, 5.74) is 3.32. The van der Waals surface area contributed by atoms with Crippen LogP contribution in [0.4, 0.5) is 0 Å². The normalized spacial score (nSPS) is 10.6. The van der Waals surface area contributed by atoms with E-state index in [1.165, 1.54) is 11.1 Å². The molecule has 2 aromatic rings. The van der Waals surface area contributed by atoms with Crippen LogP contribution in [0, 0.1) is 6.92 Å². The average Bonchev–Trinajstić information content (AvgIpc) is 2.45. The van der Waals surface area contributed by atoms with E-state index in [0.29, 0.717) is 6.61 Å². The zero-order valence-electron chi connectivity index (χ0n) is 11.8. The van der Waals surface area contributed by atoms with Gasteiger partial charge in [0.1, 0.15) is 12.4 Å². The van der Waals surface area contributed by atoms with Gasteiger partial charge in [-0.3, -0.25) is 4.98 Å². The number of hydrogen-bond acceptors (Lipinski definition) is 3. The molecule has 0 aliphatic heterocycles. The Labute approximate surface area is 128 Å². The minimum atomic E-state index is 0.475. The van der Waals surface area contributed by atoms with E-state index in [9.17, 15) is 0 Å². The molecule has 0 spiro atoms. The predicted molar refractivity (Wildman–Crippen MR) is 84.8 cm³/mol. The van der Waals surface area contributed by atoms with Crippen molar-refractivity contribution in [3.8, 4) is 5.75 Å². The first kappa shape index (κ1) is 15.0. The maximum atomic E-state index is 5.77. The second kappa shape index (κ2) is 7.41. The Morgan fingerprint density at radius 1 is 1.25 bits per heavy atom. The summed E-state index contributed by atoms with van der Waals surface area (Å²) in [5, 5.41) is 3.28. The zero-order valence-corrected chi connectivity index (χ0v) is 13.4. The SMILES string of the molecule is CCNCc1ccc(COc2ccc(C)cc2Br)nc1. The van der Waals surface area contributed by atoms with Crippen molar-refractivity contribution < 1.29 is 4.74 Å². The number of pyridine rings is 1. The Morgan fingerprint density at radius 2 is 2.10 bits per heavy atom. The van der Waals surface area contributed by atoms with Gasteiger partial charge < -0.3 is 10.1 Å². The van der Waals surface area contributed by atoms with Crippen LogP contribution in [0.25, 0.3) is 0 Å². The zero-order chi connectivity index (χ0) is 14.4. The van der Waals surface area contributed by atoms with E-state index in [-0.39, 0.29) is 0 Å². The van der Waals surface area contributed by atoms with Crippen LogP contribution < -0.4 is 10.1 Å². The van der Waals surface area contributed by atoms with Gasteiger partial charge in [-0.15, -0.1) is 0 Å². The summed E-state index contributed by atoms with van der Waals surface area (Å²) in [6.45, 7) is 6.44. The van der Waals surface area contributed by atoms with Gasteiger partial charge in [-0.1, -0.05) is 19.1 Å². The number of halogens is 1. The van der Waals surface area contributed by atoms with Gasteiger partial charge >= 0.3 is 0 Å². The Balaban J connectivity index is 1.93. The van der Waals surface area contributed by atoms with Crippen LogP contribution in [0.15, 0.2) is 41.0 Å². The van der Waals surface area contributed by atoms with Crippen LogP contribution in [-0.2, 0) is 13.2 Å². The fourth-order valence-electron chi connectivity index (χ4n) is 1.79. The summed E-state index contributed by atoms with van der Waals surface area (Å²) in [4.78, 5) is 4.41. The molecule has 0 amide bonds. The van der Waals surface area contributed by atoms with Crippen molar-refractivity contribution in [2.45, 2.75) is 27.0 Å². The monoisotopic (exact) mass is 334 g/mol. The van der Waals surface area contributed by atoms with Crippen molar-refractivity contribution in [1.29, 1.82) is 0 Å². The molecule has 1 aromatic heterocycles. The van der Waals surface area contributed by atoms with Gasteiger partial charge in [0, 0.05) is 12.7 Å². The Bertz CT molecular complexity index is 555. The lowest BCUT2D eigenvalue weighted by atomic mass is 10.2. The Hall–Kier alpha value is -1.39. The second-order valence-electron chi connectivity index (χ2n) is 4.66. The number of rotatable bonds is 6. The summed E-state index contributed by atoms with van der Waals surface area (Å²) < 4.78 is 6.75. The summed E-state index contributed by atoms with van der Waals surface area (Å²) >= 11 is 3.51. The summed E-state index contributed by atoms with van der Waals surface area (Å²) in [6.07, 6.45) is 1.89. The van der Waals surface area contributed by atoms with Crippen molar-refractivity contribution >= 4 is 15.9 Å². The topological polar surface area (TPSA) is 34.1 Å². The van der Waals surface area contributed by atoms with Crippen LogP contribution in [0.2, 0.25) is 0 Å². The van der Waals surface area contributed by atoms with Crippen molar-refractivity contribution in [1.82, 2.24) is 10.3 Å². The van der Waals surface area contributed by atoms with E-state index in [4.69, 9.17) is 4.74 Å². The van der Waals surface area contributed by atoms with E-state index in [1.54, 1.807) is 0 Å². The highest BCUT2D eigenvalue weighted by atomic mass is 79.9. The molecule has 1 heterocycles. The molecule has 0 saturated heterocycles. The molecule has 0 saturated carbocycles. The molecule has 0 fully saturated rings. The molecule has 106 valence electrons. The molecule has 1 N–H and O–H groups in total. The quantitative estimate of drug-likeness (QED) is 0.871. The molecule has 4 heteroatoms. The molecule has 20 heavy (non-hydrogen) atoms. The Morgan fingerprint density at radius 3 is 2.75 bits per heavy atom. The first-order chi connectivity index (χ1) is 9.69. The molecule has 0 aliphatic rings. The van der Waals surface area contributed by atoms with Crippen LogP contribution >= 0.6 is 15.9 Å². The van der Waals surface area contributed by atoms with E-state index < -0.39 is 0 Å². The first-order valence-corrected chi connectivity index (χ1v) is 7.52. The van der Waals surface area contributed by atoms with Gasteiger partial charge in [-0.25, -0.2) is 0 Å². The van der Waals surface area contributed by atoms with Gasteiger partial charge in [-0.2, -0.15) is 0 Å². The van der Waals surface area contributed by atoms with E-state index in [2.05, 4.69) is 46.1 Å². The average molecular weight is 335 g/mol. The Kier molecular flexibility index (Phi) is 5.56. The lowest BCUT2D eigenvalue weighted by molar-refractivity contribution is 0.299. The summed E-state index contributed by atoms with van der Waals surface area (Å²) in [6, 6.07) is 10.1. The number of hydrogen-bond donors (Lipinski definition) is 1. The molecule has 1 aromatic carbocycles. The number of aromatic nitrogens is 1. The summed E-state index contributed by atoms with van der Waals surface area (Å²) in [7, 11) is 0. The van der Waals surface area contributed by atoms with E-state index in [1.807, 2.05) is 30.5 Å². The molecular formula is C16H19BrN2O. The molecule has 3 nitrogen and oxygen atoms in total. The van der Waals surface area contributed by atoms with Crippen LogP contribution in [-0.4, -0.2) is 11.5 Å². The lowest BCUT2D eigenvalue weighted by Crippen LogP contribution is -2.12. The van der Waals surface area contributed by atoms with Gasteiger partial charge in [0.05, 0.1) is 10.2 Å². The van der Waals surface area contributed by atoms with Crippen molar-refractivity contribution in [3.63, 3.8) is 0 Å². The number of nitrogens with zero attached hydrogens (tertiary/aromatic N) is 1. The lowest BCUT2D eigenvalue weighted by Gasteiger charge is -2.09. The molecule has 0 atom stereocenters. The van der Waals surface area contributed by atoms with Gasteiger partial charge in [0.25, 0.3) is 0 Å². The highest BCUT2D eigenvalue weighted by Gasteiger charge is 2.02. The minimum absolute atomic E-state index is 0.475. The molecule has 0 aliphatic carbocycles. The van der Waals surface area contributed by atoms with E-state index in [0.717, 1.165) is 29.0 Å². The molecule has 0 radical (unpaired) electrons. The highest BCUT2D eigenvalue weighted by Crippen LogP contribution is 2.26. The van der Waals surface area contributed by atoms with Crippen LogP contribution in [0.1, 0.15) is 23.7 Å². The molecular weight excluding hydrogens is 316 g/mol. The number of benzene rings is 1. The maximum Gasteiger partial charge on any atom is 0.134 e. The predicted octanol–water partition coefficient (Wildman–Crippen LogP) is 3.84. The van der Waals surface area contributed by atoms with Gasteiger partial charge in [-0.05, 0) is 58.7 Å². The van der Waals surface area contributed by atoms with Crippen molar-refractivity contribution in [2.24, 2.45) is 0 Å². The van der Waals surface area contributed by atoms with Crippen LogP contribution in [0.3, 0.4) is 0 Å². The number of aryl methyl sites for hydroxylation is 1. The largest absolute Gasteiger partial charge is 0.486 e. The van der Waals surface area contributed by atoms with Crippen molar-refractivity contribution in [2.75, 3.05) is 6.54 Å². The standard InChI is InChI=1S/C16H19BrN2O/c1-3-18-9-13-5-6-14(19-10-13)11-20-16-7-4-12(2)8-15(16)17/h4-8,10,18H,3,9,11H2,1-2H3. The summed E-state index contributed by atoms with van der Waals surface area (Å²) in [5.74, 6) is 0.842. The first-order valence-electron chi connectivity index (χ1n) is 6.72. The third-order valence-electron chi connectivity index (χ3n) is 2.93. The molecule has 2 rings (SSSR count). The third kappa shape index (κ3) is 4.32. The molecule has 0 bridgehead atoms. The minimum Gasteiger partial charge on any atom is -0.486 e. The number of ether oxygens (including phenoxy) is 1. The van der Waals surface area contributed by atoms with Gasteiger partial charge in [0.2, 0.25) is 0 Å². The highest BCUT2D eigenvalue weighted by molar-refractivity contribution is 9.10. The second-order valence-corrected chi connectivity index (χ2v) is 5.52. The third-order valence-corrected chi connectivity index (χ3v) is 3.55. The van der Waals surface area contributed by atoms with Crippen molar-refractivity contribution in [3.05, 3.63) is 57.8 Å². The van der Waals surface area contributed by atoms with E-state index >= 15 is 0 Å². The van der Waals surface area contributed by atoms with Gasteiger partial charge in [0.15, 0.2) is 0 Å².